The third-order valence-corrected chi connectivity index (χ3v) is 5.83. The molecule has 1 unspecified atom stereocenters. The molecule has 8 nitrogen and oxygen atoms in total. The molecule has 2 rings (SSSR count). The maximum Gasteiger partial charge on any atom is 0.235 e. The molecule has 166 valence electrons. The Morgan fingerprint density at radius 1 is 1.13 bits per heavy atom. The molecule has 0 spiro atoms. The zero-order chi connectivity index (χ0) is 21.9. The molecule has 1 aromatic carbocycles. The minimum Gasteiger partial charge on any atom is -0.385 e. The first-order chi connectivity index (χ1) is 14.4. The summed E-state index contributed by atoms with van der Waals surface area (Å²) in [5, 5.41) is 5.42. The van der Waals surface area contributed by atoms with Crippen molar-refractivity contribution in [3.63, 3.8) is 0 Å². The van der Waals surface area contributed by atoms with Gasteiger partial charge < -0.3 is 20.3 Å². The zero-order valence-corrected chi connectivity index (χ0v) is 18.8. The summed E-state index contributed by atoms with van der Waals surface area (Å²) < 4.78 is 4.97. The molecule has 1 saturated heterocycles. The van der Waals surface area contributed by atoms with Crippen molar-refractivity contribution in [2.75, 3.05) is 58.3 Å². The largest absolute Gasteiger partial charge is 0.385 e. The number of piperazine rings is 1. The minimum atomic E-state index is -0.202. The molecular formula is C21H32N4O4S. The molecule has 3 amide bonds. The van der Waals surface area contributed by atoms with E-state index in [-0.39, 0.29) is 23.0 Å². The Labute approximate surface area is 182 Å². The second-order valence-corrected chi connectivity index (χ2v) is 8.68. The van der Waals surface area contributed by atoms with E-state index < -0.39 is 0 Å². The number of methoxy groups -OCH3 is 1. The van der Waals surface area contributed by atoms with Crippen molar-refractivity contribution in [3.05, 3.63) is 24.3 Å². The molecule has 2 N–H and O–H groups in total. The van der Waals surface area contributed by atoms with E-state index in [4.69, 9.17) is 4.74 Å². The molecule has 0 bridgehead atoms. The Bertz CT molecular complexity index is 705. The van der Waals surface area contributed by atoms with Crippen LogP contribution in [0.3, 0.4) is 0 Å². The van der Waals surface area contributed by atoms with Crippen LogP contribution in [0, 0.1) is 0 Å². The van der Waals surface area contributed by atoms with E-state index in [1.165, 1.54) is 18.7 Å². The summed E-state index contributed by atoms with van der Waals surface area (Å²) >= 11 is 1.51. The van der Waals surface area contributed by atoms with Gasteiger partial charge in [0.25, 0.3) is 0 Å². The molecule has 1 fully saturated rings. The first kappa shape index (κ1) is 24.2. The van der Waals surface area contributed by atoms with Crippen molar-refractivity contribution in [1.82, 2.24) is 15.1 Å². The summed E-state index contributed by atoms with van der Waals surface area (Å²) in [5.41, 5.74) is 0.740. The number of hydrogen-bond acceptors (Lipinski definition) is 6. The lowest BCUT2D eigenvalue weighted by Crippen LogP contribution is -2.52. The Kier molecular flexibility index (Phi) is 10.1. The monoisotopic (exact) mass is 436 g/mol. The van der Waals surface area contributed by atoms with Crippen LogP contribution in [0.2, 0.25) is 0 Å². The highest BCUT2D eigenvalue weighted by Crippen LogP contribution is 2.26. The summed E-state index contributed by atoms with van der Waals surface area (Å²) in [4.78, 5) is 40.8. The third-order valence-electron chi connectivity index (χ3n) is 4.73. The molecule has 0 radical (unpaired) electrons. The Morgan fingerprint density at radius 2 is 1.80 bits per heavy atom. The van der Waals surface area contributed by atoms with Gasteiger partial charge in [0, 0.05) is 63.9 Å². The van der Waals surface area contributed by atoms with E-state index in [0.29, 0.717) is 45.9 Å². The predicted molar refractivity (Wildman–Crippen MR) is 119 cm³/mol. The third kappa shape index (κ3) is 8.33. The van der Waals surface area contributed by atoms with Crippen LogP contribution in [0.15, 0.2) is 29.2 Å². The van der Waals surface area contributed by atoms with Gasteiger partial charge in [-0.25, -0.2) is 0 Å². The molecule has 1 aliphatic rings. The summed E-state index contributed by atoms with van der Waals surface area (Å²) in [6, 6.07) is 7.48. The van der Waals surface area contributed by atoms with E-state index in [0.717, 1.165) is 17.0 Å². The summed E-state index contributed by atoms with van der Waals surface area (Å²) in [7, 11) is 1.64. The minimum absolute atomic E-state index is 0.0116. The fourth-order valence-electron chi connectivity index (χ4n) is 3.16. The van der Waals surface area contributed by atoms with Gasteiger partial charge in [0.15, 0.2) is 0 Å². The summed E-state index contributed by atoms with van der Waals surface area (Å²) in [6.07, 6.45) is 0.802. The second-order valence-electron chi connectivity index (χ2n) is 7.26. The second kappa shape index (κ2) is 12.6. The molecule has 0 saturated carbocycles. The van der Waals surface area contributed by atoms with Crippen LogP contribution < -0.4 is 10.6 Å². The number of hydrogen-bond donors (Lipinski definition) is 2. The van der Waals surface area contributed by atoms with Crippen molar-refractivity contribution in [1.29, 1.82) is 0 Å². The van der Waals surface area contributed by atoms with Crippen LogP contribution in [-0.2, 0) is 19.1 Å². The highest BCUT2D eigenvalue weighted by Gasteiger charge is 2.26. The highest BCUT2D eigenvalue weighted by atomic mass is 32.2. The number of thioether (sulfide) groups is 1. The van der Waals surface area contributed by atoms with E-state index in [9.17, 15) is 14.4 Å². The van der Waals surface area contributed by atoms with Gasteiger partial charge in [-0.1, -0.05) is 0 Å². The van der Waals surface area contributed by atoms with Crippen LogP contribution in [0.25, 0.3) is 0 Å². The quantitative estimate of drug-likeness (QED) is 0.426. The zero-order valence-electron chi connectivity index (χ0n) is 18.0. The lowest BCUT2D eigenvalue weighted by molar-refractivity contribution is -0.132. The van der Waals surface area contributed by atoms with Gasteiger partial charge in [0.2, 0.25) is 17.7 Å². The van der Waals surface area contributed by atoms with E-state index >= 15 is 0 Å². The SMILES string of the molecule is COCCCNC(=O)CN1CCN(C(=O)C(C)Sc2ccc(NC(C)=O)cc2)CC1. The number of carbonyl (C=O) groups excluding carboxylic acids is 3. The molecule has 0 aromatic heterocycles. The maximum absolute atomic E-state index is 12.8. The molecule has 1 aliphatic heterocycles. The number of rotatable bonds is 10. The normalized spacial score (nSPS) is 15.5. The van der Waals surface area contributed by atoms with Crippen LogP contribution in [0.1, 0.15) is 20.3 Å². The van der Waals surface area contributed by atoms with Gasteiger partial charge in [-0.2, -0.15) is 0 Å². The highest BCUT2D eigenvalue weighted by molar-refractivity contribution is 8.00. The first-order valence-electron chi connectivity index (χ1n) is 10.2. The molecule has 1 aromatic rings. The molecular weight excluding hydrogens is 404 g/mol. The van der Waals surface area contributed by atoms with E-state index in [1.807, 2.05) is 36.1 Å². The lowest BCUT2D eigenvalue weighted by atomic mass is 10.2. The molecule has 1 heterocycles. The number of amides is 3. The van der Waals surface area contributed by atoms with Gasteiger partial charge in [-0.3, -0.25) is 19.3 Å². The van der Waals surface area contributed by atoms with Crippen molar-refractivity contribution in [2.24, 2.45) is 0 Å². The molecule has 30 heavy (non-hydrogen) atoms. The van der Waals surface area contributed by atoms with E-state index in [2.05, 4.69) is 15.5 Å². The number of ether oxygens (including phenoxy) is 1. The lowest BCUT2D eigenvalue weighted by Gasteiger charge is -2.35. The Balaban J connectivity index is 1.72. The smallest absolute Gasteiger partial charge is 0.235 e. The predicted octanol–water partition coefficient (Wildman–Crippen LogP) is 1.42. The molecule has 0 aliphatic carbocycles. The fraction of sp³-hybridized carbons (Fsp3) is 0.571. The van der Waals surface area contributed by atoms with Gasteiger partial charge >= 0.3 is 0 Å². The molecule has 9 heteroatoms. The average molecular weight is 437 g/mol. The number of anilines is 1. The first-order valence-corrected chi connectivity index (χ1v) is 11.1. The maximum atomic E-state index is 12.8. The van der Waals surface area contributed by atoms with Gasteiger partial charge in [-0.05, 0) is 37.6 Å². The van der Waals surface area contributed by atoms with Crippen LogP contribution in [-0.4, -0.2) is 85.8 Å². The van der Waals surface area contributed by atoms with Gasteiger partial charge in [0.1, 0.15) is 0 Å². The summed E-state index contributed by atoms with van der Waals surface area (Å²) in [6.45, 7) is 7.64. The number of carbonyl (C=O) groups is 3. The average Bonchev–Trinajstić information content (AvgIpc) is 2.72. The number of nitrogens with one attached hydrogen (secondary N) is 2. The fourth-order valence-corrected chi connectivity index (χ4v) is 4.11. The van der Waals surface area contributed by atoms with Crippen LogP contribution >= 0.6 is 11.8 Å². The Morgan fingerprint density at radius 3 is 2.40 bits per heavy atom. The number of benzene rings is 1. The van der Waals surface area contributed by atoms with Crippen LogP contribution in [0.4, 0.5) is 5.69 Å². The van der Waals surface area contributed by atoms with Crippen molar-refractivity contribution >= 4 is 35.2 Å². The van der Waals surface area contributed by atoms with E-state index in [1.54, 1.807) is 7.11 Å². The summed E-state index contributed by atoms with van der Waals surface area (Å²) in [5.74, 6) is 0.00813. The topological polar surface area (TPSA) is 91.0 Å². The molecule has 1 atom stereocenters. The van der Waals surface area contributed by atoms with Gasteiger partial charge in [0.05, 0.1) is 11.8 Å². The van der Waals surface area contributed by atoms with Crippen LogP contribution in [0.5, 0.6) is 0 Å². The van der Waals surface area contributed by atoms with Crippen molar-refractivity contribution in [3.8, 4) is 0 Å². The Hall–Kier alpha value is -2.10. The standard InChI is InChI=1S/C21H32N4O4S/c1-16(30-19-7-5-18(6-8-19)23-17(2)26)21(28)25-12-10-24(11-13-25)15-20(27)22-9-4-14-29-3/h5-8,16H,4,9-15H2,1-3H3,(H,22,27)(H,23,26). The van der Waals surface area contributed by atoms with Crippen molar-refractivity contribution in [2.45, 2.75) is 30.4 Å². The van der Waals surface area contributed by atoms with Gasteiger partial charge in [-0.15, -0.1) is 11.8 Å². The number of nitrogens with zero attached hydrogens (tertiary/aromatic N) is 2. The van der Waals surface area contributed by atoms with Crippen molar-refractivity contribution < 1.29 is 19.1 Å².